The Kier molecular flexibility index (Phi) is 9.03. The number of carbonyl (C=O) groups excluding carboxylic acids is 1. The maximum absolute atomic E-state index is 12.1. The summed E-state index contributed by atoms with van der Waals surface area (Å²) >= 11 is 1.70. The highest BCUT2D eigenvalue weighted by Crippen LogP contribution is 2.14. The number of thioether (sulfide) groups is 1. The van der Waals surface area contributed by atoms with Crippen LogP contribution in [-0.2, 0) is 11.2 Å². The van der Waals surface area contributed by atoms with E-state index in [1.807, 2.05) is 55.1 Å². The minimum absolute atomic E-state index is 0. The van der Waals surface area contributed by atoms with E-state index in [9.17, 15) is 4.79 Å². The number of carbonyl (C=O) groups is 1. The van der Waals surface area contributed by atoms with Gasteiger partial charge in [-0.3, -0.25) is 4.79 Å². The molecule has 25 heavy (non-hydrogen) atoms. The number of amides is 1. The van der Waals surface area contributed by atoms with Crippen molar-refractivity contribution < 1.29 is 4.79 Å². The van der Waals surface area contributed by atoms with E-state index in [-0.39, 0.29) is 24.4 Å². The molecule has 1 aromatic carbocycles. The number of aryl methyl sites for hydroxylation is 1. The fraction of sp³-hybridized carbons (Fsp3) is 0.444. The first-order chi connectivity index (χ1) is 11.5. The molecule has 2 aromatic rings. The average molecular weight is 383 g/mol. The Bertz CT molecular complexity index is 662. The second-order valence-corrected chi connectivity index (χ2v) is 7.01. The summed E-state index contributed by atoms with van der Waals surface area (Å²) in [7, 11) is 0. The number of para-hydroxylation sites is 1. The van der Waals surface area contributed by atoms with Crippen LogP contribution in [0.3, 0.4) is 0 Å². The number of hydrogen-bond acceptors (Lipinski definition) is 4. The van der Waals surface area contributed by atoms with E-state index in [1.54, 1.807) is 11.8 Å². The molecule has 0 spiro atoms. The van der Waals surface area contributed by atoms with Gasteiger partial charge in [-0.2, -0.15) is 16.9 Å². The SMILES string of the molecule is CSCCC(N)C(=O)NC(C)Cc1cc(C)nn1-c1ccccc1.Cl. The Morgan fingerprint density at radius 3 is 2.68 bits per heavy atom. The molecule has 0 aliphatic rings. The first-order valence-corrected chi connectivity index (χ1v) is 9.56. The number of nitrogens with zero attached hydrogens (tertiary/aromatic N) is 2. The lowest BCUT2D eigenvalue weighted by Crippen LogP contribution is -2.45. The van der Waals surface area contributed by atoms with Gasteiger partial charge in [0.1, 0.15) is 0 Å². The van der Waals surface area contributed by atoms with Crippen LogP contribution < -0.4 is 11.1 Å². The Labute approximate surface area is 160 Å². The Morgan fingerprint density at radius 1 is 1.36 bits per heavy atom. The van der Waals surface area contributed by atoms with Gasteiger partial charge < -0.3 is 11.1 Å². The van der Waals surface area contributed by atoms with Gasteiger partial charge in [0, 0.05) is 18.2 Å². The van der Waals surface area contributed by atoms with E-state index < -0.39 is 6.04 Å². The molecular formula is C18H27ClN4OS. The van der Waals surface area contributed by atoms with Crippen LogP contribution in [0.15, 0.2) is 36.4 Å². The molecule has 1 amide bonds. The van der Waals surface area contributed by atoms with Crippen LogP contribution in [0.25, 0.3) is 5.69 Å². The highest BCUT2D eigenvalue weighted by atomic mass is 35.5. The van der Waals surface area contributed by atoms with E-state index in [1.165, 1.54) is 0 Å². The Balaban J connectivity index is 0.00000312. The molecule has 0 aliphatic heterocycles. The summed E-state index contributed by atoms with van der Waals surface area (Å²) in [6.07, 6.45) is 3.41. The molecule has 0 saturated heterocycles. The van der Waals surface area contributed by atoms with Crippen molar-refractivity contribution in [2.24, 2.45) is 5.73 Å². The highest BCUT2D eigenvalue weighted by molar-refractivity contribution is 7.98. The first kappa shape index (κ1) is 21.5. The van der Waals surface area contributed by atoms with E-state index >= 15 is 0 Å². The van der Waals surface area contributed by atoms with Crippen LogP contribution in [0.5, 0.6) is 0 Å². The van der Waals surface area contributed by atoms with Crippen molar-refractivity contribution in [2.75, 3.05) is 12.0 Å². The zero-order chi connectivity index (χ0) is 17.5. The molecule has 3 N–H and O–H groups in total. The molecule has 2 atom stereocenters. The predicted octanol–water partition coefficient (Wildman–Crippen LogP) is 2.73. The third kappa shape index (κ3) is 6.38. The van der Waals surface area contributed by atoms with Crippen LogP contribution in [0, 0.1) is 6.92 Å². The molecule has 0 radical (unpaired) electrons. The van der Waals surface area contributed by atoms with Crippen molar-refractivity contribution in [3.8, 4) is 5.69 Å². The van der Waals surface area contributed by atoms with Crippen LogP contribution in [0.4, 0.5) is 0 Å². The van der Waals surface area contributed by atoms with Gasteiger partial charge in [0.05, 0.1) is 17.4 Å². The van der Waals surface area contributed by atoms with Crippen molar-refractivity contribution in [3.05, 3.63) is 47.8 Å². The number of rotatable bonds is 8. The molecular weight excluding hydrogens is 356 g/mol. The summed E-state index contributed by atoms with van der Waals surface area (Å²) in [4.78, 5) is 12.1. The first-order valence-electron chi connectivity index (χ1n) is 8.17. The molecule has 1 heterocycles. The van der Waals surface area contributed by atoms with Gasteiger partial charge in [-0.15, -0.1) is 12.4 Å². The molecule has 0 aliphatic carbocycles. The molecule has 1 aromatic heterocycles. The normalized spacial score (nSPS) is 13.0. The highest BCUT2D eigenvalue weighted by Gasteiger charge is 2.17. The van der Waals surface area contributed by atoms with Crippen molar-refractivity contribution in [1.82, 2.24) is 15.1 Å². The summed E-state index contributed by atoms with van der Waals surface area (Å²) in [6, 6.07) is 11.6. The largest absolute Gasteiger partial charge is 0.352 e. The van der Waals surface area contributed by atoms with Crippen LogP contribution in [-0.4, -0.2) is 39.8 Å². The lowest BCUT2D eigenvalue weighted by Gasteiger charge is -2.18. The van der Waals surface area contributed by atoms with Gasteiger partial charge in [-0.25, -0.2) is 4.68 Å². The van der Waals surface area contributed by atoms with Gasteiger partial charge in [-0.05, 0) is 50.5 Å². The fourth-order valence-electron chi connectivity index (χ4n) is 2.58. The minimum Gasteiger partial charge on any atom is -0.352 e. The van der Waals surface area contributed by atoms with Crippen LogP contribution in [0.1, 0.15) is 24.7 Å². The molecule has 7 heteroatoms. The van der Waals surface area contributed by atoms with Crippen molar-refractivity contribution in [2.45, 2.75) is 38.8 Å². The van der Waals surface area contributed by atoms with E-state index in [2.05, 4.69) is 16.5 Å². The minimum atomic E-state index is -0.444. The van der Waals surface area contributed by atoms with E-state index in [0.717, 1.165) is 22.8 Å². The standard InChI is InChI=1S/C18H26N4OS.ClH/c1-13(20-18(23)17(19)9-10-24-3)11-16-12-14(2)21-22(16)15-7-5-4-6-8-15;/h4-8,12-13,17H,9-11,19H2,1-3H3,(H,20,23);1H. The maximum atomic E-state index is 12.1. The van der Waals surface area contributed by atoms with Gasteiger partial charge in [0.25, 0.3) is 0 Å². The molecule has 0 saturated carbocycles. The molecule has 2 rings (SSSR count). The van der Waals surface area contributed by atoms with E-state index in [4.69, 9.17) is 5.73 Å². The third-order valence-corrected chi connectivity index (χ3v) is 4.42. The second-order valence-electron chi connectivity index (χ2n) is 6.03. The smallest absolute Gasteiger partial charge is 0.237 e. The third-order valence-electron chi connectivity index (χ3n) is 3.78. The molecule has 0 fully saturated rings. The average Bonchev–Trinajstić information content (AvgIpc) is 2.93. The second kappa shape index (κ2) is 10.5. The Morgan fingerprint density at radius 2 is 2.04 bits per heavy atom. The lowest BCUT2D eigenvalue weighted by atomic mass is 10.1. The quantitative estimate of drug-likeness (QED) is 0.736. The molecule has 138 valence electrons. The number of nitrogens with one attached hydrogen (secondary N) is 1. The van der Waals surface area contributed by atoms with Crippen LogP contribution in [0.2, 0.25) is 0 Å². The zero-order valence-electron chi connectivity index (χ0n) is 14.9. The molecule has 2 unspecified atom stereocenters. The lowest BCUT2D eigenvalue weighted by molar-refractivity contribution is -0.123. The molecule has 5 nitrogen and oxygen atoms in total. The number of hydrogen-bond donors (Lipinski definition) is 2. The Hall–Kier alpha value is -1.50. The van der Waals surface area contributed by atoms with E-state index in [0.29, 0.717) is 12.8 Å². The maximum Gasteiger partial charge on any atom is 0.237 e. The monoisotopic (exact) mass is 382 g/mol. The summed E-state index contributed by atoms with van der Waals surface area (Å²) in [5.41, 5.74) is 8.99. The van der Waals surface area contributed by atoms with Crippen molar-refractivity contribution in [3.63, 3.8) is 0 Å². The molecule has 0 bridgehead atoms. The zero-order valence-corrected chi connectivity index (χ0v) is 16.6. The number of aromatic nitrogens is 2. The van der Waals surface area contributed by atoms with Gasteiger partial charge in [-0.1, -0.05) is 18.2 Å². The summed E-state index contributed by atoms with van der Waals surface area (Å²) in [5, 5.41) is 7.58. The number of benzene rings is 1. The topological polar surface area (TPSA) is 72.9 Å². The van der Waals surface area contributed by atoms with Gasteiger partial charge >= 0.3 is 0 Å². The van der Waals surface area contributed by atoms with Crippen LogP contribution >= 0.6 is 24.2 Å². The van der Waals surface area contributed by atoms with Gasteiger partial charge in [0.2, 0.25) is 5.91 Å². The van der Waals surface area contributed by atoms with Crippen molar-refractivity contribution in [1.29, 1.82) is 0 Å². The number of halogens is 1. The summed E-state index contributed by atoms with van der Waals surface area (Å²) < 4.78 is 1.94. The number of nitrogens with two attached hydrogens (primary N) is 1. The summed E-state index contributed by atoms with van der Waals surface area (Å²) in [6.45, 7) is 3.97. The van der Waals surface area contributed by atoms with Gasteiger partial charge in [0.15, 0.2) is 0 Å². The van der Waals surface area contributed by atoms with Crippen molar-refractivity contribution >= 4 is 30.1 Å². The fourth-order valence-corrected chi connectivity index (χ4v) is 3.07. The summed E-state index contributed by atoms with van der Waals surface area (Å²) in [5.74, 6) is 0.808. The predicted molar refractivity (Wildman–Crippen MR) is 108 cm³/mol.